The highest BCUT2D eigenvalue weighted by molar-refractivity contribution is 4.88. The monoisotopic (exact) mass is 265 g/mol. The van der Waals surface area contributed by atoms with Gasteiger partial charge in [-0.15, -0.1) is 0 Å². The van der Waals surface area contributed by atoms with Crippen molar-refractivity contribution in [1.82, 2.24) is 5.32 Å². The Kier molecular flexibility index (Phi) is 6.19. The van der Waals surface area contributed by atoms with Gasteiger partial charge in [0, 0.05) is 6.04 Å². The van der Waals surface area contributed by atoms with Crippen molar-refractivity contribution in [2.24, 2.45) is 23.7 Å². The van der Waals surface area contributed by atoms with E-state index in [-0.39, 0.29) is 0 Å². The van der Waals surface area contributed by atoms with E-state index in [4.69, 9.17) is 0 Å². The lowest BCUT2D eigenvalue weighted by Crippen LogP contribution is -2.41. The molecular formula is C18H35N. The summed E-state index contributed by atoms with van der Waals surface area (Å²) < 4.78 is 0. The summed E-state index contributed by atoms with van der Waals surface area (Å²) in [5.74, 6) is 4.00. The van der Waals surface area contributed by atoms with Gasteiger partial charge in [0.05, 0.1) is 0 Å². The molecule has 19 heavy (non-hydrogen) atoms. The minimum Gasteiger partial charge on any atom is -0.314 e. The van der Waals surface area contributed by atoms with Gasteiger partial charge in [0.25, 0.3) is 0 Å². The van der Waals surface area contributed by atoms with Crippen LogP contribution in [0.3, 0.4) is 0 Å². The minimum atomic E-state index is 0.801. The van der Waals surface area contributed by atoms with E-state index >= 15 is 0 Å². The first-order valence-electron chi connectivity index (χ1n) is 8.94. The molecule has 0 heterocycles. The van der Waals surface area contributed by atoms with Crippen LogP contribution in [-0.4, -0.2) is 12.6 Å². The molecule has 1 N–H and O–H groups in total. The molecule has 0 radical (unpaired) electrons. The van der Waals surface area contributed by atoms with E-state index in [0.29, 0.717) is 0 Å². The van der Waals surface area contributed by atoms with Gasteiger partial charge in [-0.2, -0.15) is 0 Å². The average Bonchev–Trinajstić information content (AvgIpc) is 2.42. The summed E-state index contributed by atoms with van der Waals surface area (Å²) in [6.45, 7) is 8.14. The summed E-state index contributed by atoms with van der Waals surface area (Å²) in [6.07, 6.45) is 13.4. The van der Waals surface area contributed by atoms with Crippen LogP contribution in [0.4, 0.5) is 0 Å². The fraction of sp³-hybridized carbons (Fsp3) is 1.00. The van der Waals surface area contributed by atoms with Crippen LogP contribution >= 0.6 is 0 Å². The third-order valence-electron chi connectivity index (χ3n) is 5.67. The molecule has 0 aliphatic heterocycles. The molecule has 4 unspecified atom stereocenters. The summed E-state index contributed by atoms with van der Waals surface area (Å²) in [6, 6.07) is 0.801. The average molecular weight is 265 g/mol. The SMILES string of the molecule is CCNC(CCC(C)C)C1CCC2CCCCC2C1. The van der Waals surface area contributed by atoms with Gasteiger partial charge in [-0.3, -0.25) is 0 Å². The first-order chi connectivity index (χ1) is 9.20. The van der Waals surface area contributed by atoms with Crippen LogP contribution in [0.15, 0.2) is 0 Å². The van der Waals surface area contributed by atoms with Crippen molar-refractivity contribution in [2.75, 3.05) is 6.54 Å². The van der Waals surface area contributed by atoms with E-state index in [1.165, 1.54) is 57.8 Å². The zero-order valence-corrected chi connectivity index (χ0v) is 13.5. The van der Waals surface area contributed by atoms with Crippen molar-refractivity contribution in [1.29, 1.82) is 0 Å². The van der Waals surface area contributed by atoms with E-state index in [1.807, 2.05) is 0 Å². The Morgan fingerprint density at radius 2 is 1.68 bits per heavy atom. The van der Waals surface area contributed by atoms with Gasteiger partial charge in [-0.05, 0) is 62.3 Å². The standard InChI is InChI=1S/C18H35N/c1-4-19-18(12-9-14(2)3)17-11-10-15-7-5-6-8-16(15)13-17/h14-19H,4-13H2,1-3H3. The normalized spacial score (nSPS) is 33.2. The molecule has 2 aliphatic rings. The third kappa shape index (κ3) is 4.48. The van der Waals surface area contributed by atoms with Gasteiger partial charge < -0.3 is 5.32 Å². The maximum absolute atomic E-state index is 3.80. The number of nitrogens with one attached hydrogen (secondary N) is 1. The molecule has 0 aromatic heterocycles. The zero-order valence-electron chi connectivity index (χ0n) is 13.5. The Balaban J connectivity index is 1.86. The van der Waals surface area contributed by atoms with Crippen LogP contribution < -0.4 is 5.32 Å². The molecule has 1 nitrogen and oxygen atoms in total. The first kappa shape index (κ1) is 15.4. The number of fused-ring (bicyclic) bond motifs is 1. The number of rotatable bonds is 6. The minimum absolute atomic E-state index is 0.801. The Morgan fingerprint density at radius 1 is 0.947 bits per heavy atom. The summed E-state index contributed by atoms with van der Waals surface area (Å²) in [4.78, 5) is 0. The van der Waals surface area contributed by atoms with E-state index in [0.717, 1.165) is 36.3 Å². The molecular weight excluding hydrogens is 230 g/mol. The van der Waals surface area contributed by atoms with E-state index < -0.39 is 0 Å². The summed E-state index contributed by atoms with van der Waals surface area (Å²) in [5.41, 5.74) is 0. The predicted octanol–water partition coefficient (Wildman–Crippen LogP) is 5.01. The van der Waals surface area contributed by atoms with Crippen molar-refractivity contribution >= 4 is 0 Å². The molecule has 2 aliphatic carbocycles. The first-order valence-corrected chi connectivity index (χ1v) is 8.94. The molecule has 1 heteroatoms. The summed E-state index contributed by atoms with van der Waals surface area (Å²) in [5, 5.41) is 3.80. The van der Waals surface area contributed by atoms with E-state index in [2.05, 4.69) is 26.1 Å². The molecule has 2 saturated carbocycles. The molecule has 0 saturated heterocycles. The fourth-order valence-electron chi connectivity index (χ4n) is 4.55. The molecule has 0 aromatic carbocycles. The fourth-order valence-corrected chi connectivity index (χ4v) is 4.55. The molecule has 112 valence electrons. The second kappa shape index (κ2) is 7.67. The molecule has 0 aromatic rings. The molecule has 0 amide bonds. The van der Waals surface area contributed by atoms with Crippen LogP contribution in [0, 0.1) is 23.7 Å². The predicted molar refractivity (Wildman–Crippen MR) is 84.3 cm³/mol. The molecule has 2 rings (SSSR count). The number of hydrogen-bond acceptors (Lipinski definition) is 1. The Morgan fingerprint density at radius 3 is 2.37 bits per heavy atom. The maximum atomic E-state index is 3.80. The van der Waals surface area contributed by atoms with Gasteiger partial charge in [0.1, 0.15) is 0 Å². The smallest absolute Gasteiger partial charge is 0.00954 e. The third-order valence-corrected chi connectivity index (χ3v) is 5.67. The van der Waals surface area contributed by atoms with Crippen LogP contribution in [0.25, 0.3) is 0 Å². The summed E-state index contributed by atoms with van der Waals surface area (Å²) >= 11 is 0. The second-order valence-electron chi connectivity index (χ2n) is 7.51. The van der Waals surface area contributed by atoms with Crippen LogP contribution in [0.5, 0.6) is 0 Å². The lowest BCUT2D eigenvalue weighted by atomic mass is 9.65. The highest BCUT2D eigenvalue weighted by atomic mass is 14.9. The van der Waals surface area contributed by atoms with Crippen molar-refractivity contribution in [3.63, 3.8) is 0 Å². The number of hydrogen-bond donors (Lipinski definition) is 1. The maximum Gasteiger partial charge on any atom is 0.00954 e. The van der Waals surface area contributed by atoms with Gasteiger partial charge in [0.2, 0.25) is 0 Å². The van der Waals surface area contributed by atoms with Crippen molar-refractivity contribution in [3.8, 4) is 0 Å². The highest BCUT2D eigenvalue weighted by Gasteiger charge is 2.34. The summed E-state index contributed by atoms with van der Waals surface area (Å²) in [7, 11) is 0. The lowest BCUT2D eigenvalue weighted by molar-refractivity contribution is 0.106. The van der Waals surface area contributed by atoms with Gasteiger partial charge in [0.15, 0.2) is 0 Å². The van der Waals surface area contributed by atoms with Gasteiger partial charge in [-0.1, -0.05) is 46.5 Å². The highest BCUT2D eigenvalue weighted by Crippen LogP contribution is 2.44. The van der Waals surface area contributed by atoms with E-state index in [1.54, 1.807) is 0 Å². The van der Waals surface area contributed by atoms with Crippen molar-refractivity contribution < 1.29 is 0 Å². The van der Waals surface area contributed by atoms with Crippen LogP contribution in [0.2, 0.25) is 0 Å². The molecule has 0 bridgehead atoms. The topological polar surface area (TPSA) is 12.0 Å². The molecule has 2 fully saturated rings. The Bertz CT molecular complexity index is 248. The van der Waals surface area contributed by atoms with Crippen LogP contribution in [-0.2, 0) is 0 Å². The quantitative estimate of drug-likeness (QED) is 0.712. The van der Waals surface area contributed by atoms with Crippen LogP contribution in [0.1, 0.15) is 78.6 Å². The largest absolute Gasteiger partial charge is 0.314 e. The molecule has 4 atom stereocenters. The second-order valence-corrected chi connectivity index (χ2v) is 7.51. The van der Waals surface area contributed by atoms with Gasteiger partial charge in [-0.25, -0.2) is 0 Å². The Hall–Kier alpha value is -0.0400. The van der Waals surface area contributed by atoms with Crippen molar-refractivity contribution in [3.05, 3.63) is 0 Å². The Labute approximate surface area is 120 Å². The van der Waals surface area contributed by atoms with E-state index in [9.17, 15) is 0 Å². The zero-order chi connectivity index (χ0) is 13.7. The van der Waals surface area contributed by atoms with Crippen molar-refractivity contribution in [2.45, 2.75) is 84.6 Å². The van der Waals surface area contributed by atoms with Gasteiger partial charge >= 0.3 is 0 Å². The lowest BCUT2D eigenvalue weighted by Gasteiger charge is -2.42. The molecule has 0 spiro atoms.